The van der Waals surface area contributed by atoms with Gasteiger partial charge in [-0.15, -0.1) is 24.0 Å². The van der Waals surface area contributed by atoms with E-state index in [2.05, 4.69) is 29.5 Å². The van der Waals surface area contributed by atoms with Crippen molar-refractivity contribution < 1.29 is 9.84 Å². The minimum absolute atomic E-state index is 0. The molecule has 3 N–H and O–H groups in total. The largest absolute Gasteiger partial charge is 0.504 e. The zero-order valence-corrected chi connectivity index (χ0v) is 15.8. The predicted molar refractivity (Wildman–Crippen MR) is 100 cm³/mol. The maximum Gasteiger partial charge on any atom is 0.191 e. The molecule has 2 atom stereocenters. The number of phenols is 1. The van der Waals surface area contributed by atoms with Gasteiger partial charge >= 0.3 is 0 Å². The number of para-hydroxylation sites is 1. The molecule has 0 bridgehead atoms. The molecule has 1 fully saturated rings. The highest BCUT2D eigenvalue weighted by atomic mass is 127. The van der Waals surface area contributed by atoms with E-state index in [0.29, 0.717) is 24.8 Å². The van der Waals surface area contributed by atoms with Crippen molar-refractivity contribution in [1.29, 1.82) is 0 Å². The minimum atomic E-state index is 0. The van der Waals surface area contributed by atoms with Crippen LogP contribution >= 0.6 is 24.0 Å². The number of guanidine groups is 1. The molecular formula is C16H26IN3O2. The molecule has 2 rings (SSSR count). The third kappa shape index (κ3) is 5.23. The zero-order chi connectivity index (χ0) is 15.2. The lowest BCUT2D eigenvalue weighted by atomic mass is 10.1. The second kappa shape index (κ2) is 9.07. The molecule has 2 unspecified atom stereocenters. The lowest BCUT2D eigenvalue weighted by molar-refractivity contribution is 0.370. The van der Waals surface area contributed by atoms with E-state index < -0.39 is 0 Å². The Kier molecular flexibility index (Phi) is 7.78. The molecule has 22 heavy (non-hydrogen) atoms. The van der Waals surface area contributed by atoms with Gasteiger partial charge in [-0.05, 0) is 37.3 Å². The molecule has 0 heterocycles. The van der Waals surface area contributed by atoms with Crippen LogP contribution in [0.3, 0.4) is 0 Å². The van der Waals surface area contributed by atoms with E-state index in [1.54, 1.807) is 13.2 Å². The predicted octanol–water partition coefficient (Wildman–Crippen LogP) is 2.52. The van der Waals surface area contributed by atoms with E-state index in [0.717, 1.165) is 24.0 Å². The first-order valence-corrected chi connectivity index (χ1v) is 7.55. The van der Waals surface area contributed by atoms with Crippen LogP contribution in [0.25, 0.3) is 0 Å². The Morgan fingerprint density at radius 3 is 2.77 bits per heavy atom. The highest BCUT2D eigenvalue weighted by Crippen LogP contribution is 2.30. The summed E-state index contributed by atoms with van der Waals surface area (Å²) in [5.74, 6) is 2.31. The number of phenolic OH excluding ortho intramolecular Hbond substituents is 1. The van der Waals surface area contributed by atoms with Gasteiger partial charge in [-0.1, -0.05) is 19.1 Å². The molecule has 0 amide bonds. The topological polar surface area (TPSA) is 65.9 Å². The van der Waals surface area contributed by atoms with Crippen LogP contribution < -0.4 is 15.4 Å². The Morgan fingerprint density at radius 1 is 1.45 bits per heavy atom. The summed E-state index contributed by atoms with van der Waals surface area (Å²) < 4.78 is 5.11. The van der Waals surface area contributed by atoms with Crippen molar-refractivity contribution in [2.45, 2.75) is 32.7 Å². The summed E-state index contributed by atoms with van der Waals surface area (Å²) >= 11 is 0. The van der Waals surface area contributed by atoms with Gasteiger partial charge in [-0.25, -0.2) is 0 Å². The second-order valence-corrected chi connectivity index (χ2v) is 5.44. The average Bonchev–Trinajstić information content (AvgIpc) is 3.16. The first-order valence-electron chi connectivity index (χ1n) is 7.55. The zero-order valence-electron chi connectivity index (χ0n) is 13.4. The normalized spacial score (nSPS) is 20.0. The van der Waals surface area contributed by atoms with Crippen LogP contribution in [0.1, 0.15) is 25.8 Å². The molecule has 0 radical (unpaired) electrons. The molecule has 0 aliphatic heterocycles. The minimum Gasteiger partial charge on any atom is -0.504 e. The summed E-state index contributed by atoms with van der Waals surface area (Å²) in [4.78, 5) is 4.56. The van der Waals surface area contributed by atoms with Crippen LogP contribution in [0.15, 0.2) is 23.2 Å². The number of aliphatic imine (C=N–C) groups is 1. The van der Waals surface area contributed by atoms with Crippen molar-refractivity contribution in [3.05, 3.63) is 23.8 Å². The van der Waals surface area contributed by atoms with Gasteiger partial charge in [0.25, 0.3) is 0 Å². The summed E-state index contributed by atoms with van der Waals surface area (Å²) in [5, 5.41) is 16.7. The molecule has 5 nitrogen and oxygen atoms in total. The van der Waals surface area contributed by atoms with Gasteiger partial charge in [-0.2, -0.15) is 0 Å². The summed E-state index contributed by atoms with van der Waals surface area (Å²) in [6.45, 7) is 5.76. The van der Waals surface area contributed by atoms with E-state index in [-0.39, 0.29) is 29.7 Å². The lowest BCUT2D eigenvalue weighted by Crippen LogP contribution is -2.39. The molecule has 1 aliphatic rings. The van der Waals surface area contributed by atoms with Crippen molar-refractivity contribution in [3.63, 3.8) is 0 Å². The fourth-order valence-corrected chi connectivity index (χ4v) is 2.24. The van der Waals surface area contributed by atoms with Gasteiger partial charge in [0, 0.05) is 19.1 Å². The number of methoxy groups -OCH3 is 1. The first-order chi connectivity index (χ1) is 10.2. The highest BCUT2D eigenvalue weighted by molar-refractivity contribution is 14.0. The van der Waals surface area contributed by atoms with Crippen LogP contribution in [0.4, 0.5) is 0 Å². The van der Waals surface area contributed by atoms with E-state index in [4.69, 9.17) is 4.74 Å². The van der Waals surface area contributed by atoms with Gasteiger partial charge in [0.1, 0.15) is 0 Å². The van der Waals surface area contributed by atoms with Crippen molar-refractivity contribution in [3.8, 4) is 11.5 Å². The Bertz CT molecular complexity index is 508. The average molecular weight is 419 g/mol. The summed E-state index contributed by atoms with van der Waals surface area (Å²) in [6.07, 6.45) is 1.89. The Balaban J connectivity index is 0.00000242. The highest BCUT2D eigenvalue weighted by Gasteiger charge is 2.33. The number of hydrogen-bond donors (Lipinski definition) is 3. The number of benzene rings is 1. The molecular weight excluding hydrogens is 393 g/mol. The van der Waals surface area contributed by atoms with E-state index in [9.17, 15) is 5.11 Å². The Labute approximate surface area is 149 Å². The molecule has 124 valence electrons. The molecule has 0 spiro atoms. The smallest absolute Gasteiger partial charge is 0.191 e. The van der Waals surface area contributed by atoms with E-state index in [1.165, 1.54) is 6.42 Å². The SMILES string of the molecule is CCNC(=NCCc1cccc(OC)c1O)NC1CC1C.I. The number of halogens is 1. The molecule has 6 heteroatoms. The fraction of sp³-hybridized carbons (Fsp3) is 0.562. The van der Waals surface area contributed by atoms with Gasteiger partial charge in [-0.3, -0.25) is 4.99 Å². The van der Waals surface area contributed by atoms with E-state index >= 15 is 0 Å². The maximum atomic E-state index is 10.0. The van der Waals surface area contributed by atoms with Gasteiger partial charge < -0.3 is 20.5 Å². The van der Waals surface area contributed by atoms with Gasteiger partial charge in [0.2, 0.25) is 0 Å². The maximum absolute atomic E-state index is 10.0. The van der Waals surface area contributed by atoms with Crippen molar-refractivity contribution in [2.24, 2.45) is 10.9 Å². The van der Waals surface area contributed by atoms with Crippen LogP contribution in [-0.2, 0) is 6.42 Å². The van der Waals surface area contributed by atoms with Gasteiger partial charge in [0.15, 0.2) is 17.5 Å². The van der Waals surface area contributed by atoms with Gasteiger partial charge in [0.05, 0.1) is 7.11 Å². The van der Waals surface area contributed by atoms with Crippen LogP contribution in [0, 0.1) is 5.92 Å². The number of nitrogens with zero attached hydrogens (tertiary/aromatic N) is 1. The molecule has 0 aromatic heterocycles. The number of ether oxygens (including phenoxy) is 1. The Morgan fingerprint density at radius 2 is 2.18 bits per heavy atom. The van der Waals surface area contributed by atoms with Crippen molar-refractivity contribution in [1.82, 2.24) is 10.6 Å². The molecule has 1 aromatic rings. The number of aromatic hydroxyl groups is 1. The quantitative estimate of drug-likeness (QED) is 0.377. The van der Waals surface area contributed by atoms with Crippen molar-refractivity contribution in [2.75, 3.05) is 20.2 Å². The standard InChI is InChI=1S/C16H25N3O2.HI/c1-4-17-16(19-13-10-11(13)2)18-9-8-12-6-5-7-14(21-3)15(12)20;/h5-7,11,13,20H,4,8-10H2,1-3H3,(H2,17,18,19);1H. The monoisotopic (exact) mass is 419 g/mol. The molecule has 1 saturated carbocycles. The van der Waals surface area contributed by atoms with E-state index in [1.807, 2.05) is 12.1 Å². The fourth-order valence-electron chi connectivity index (χ4n) is 2.24. The number of rotatable bonds is 6. The molecule has 0 saturated heterocycles. The van der Waals surface area contributed by atoms with Crippen LogP contribution in [0.2, 0.25) is 0 Å². The lowest BCUT2D eigenvalue weighted by Gasteiger charge is -2.11. The van der Waals surface area contributed by atoms with Crippen LogP contribution in [0.5, 0.6) is 11.5 Å². The Hall–Kier alpha value is -1.18. The molecule has 1 aromatic carbocycles. The number of nitrogens with one attached hydrogen (secondary N) is 2. The van der Waals surface area contributed by atoms with Crippen molar-refractivity contribution >= 4 is 29.9 Å². The number of hydrogen-bond acceptors (Lipinski definition) is 3. The second-order valence-electron chi connectivity index (χ2n) is 5.44. The van der Waals surface area contributed by atoms with Crippen LogP contribution in [-0.4, -0.2) is 37.3 Å². The summed E-state index contributed by atoms with van der Waals surface area (Å²) in [5.41, 5.74) is 0.855. The summed E-state index contributed by atoms with van der Waals surface area (Å²) in [6, 6.07) is 6.08. The summed E-state index contributed by atoms with van der Waals surface area (Å²) in [7, 11) is 1.56. The third-order valence-corrected chi connectivity index (χ3v) is 3.73. The first kappa shape index (κ1) is 18.9. The molecule has 1 aliphatic carbocycles. The third-order valence-electron chi connectivity index (χ3n) is 3.73.